The zero-order valence-electron chi connectivity index (χ0n) is 12.3. The molecule has 0 aromatic heterocycles. The van der Waals surface area contributed by atoms with Gasteiger partial charge in [-0.1, -0.05) is 29.8 Å². The summed E-state index contributed by atoms with van der Waals surface area (Å²) in [5.74, 6) is -0.103. The molecule has 1 fully saturated rings. The number of aliphatic hydroxyl groups is 1. The lowest BCUT2D eigenvalue weighted by molar-refractivity contribution is -0.126. The van der Waals surface area contributed by atoms with Crippen molar-refractivity contribution in [1.82, 2.24) is 5.32 Å². The Hall–Kier alpha value is -1.10. The molecule has 1 aliphatic heterocycles. The number of amides is 1. The lowest BCUT2D eigenvalue weighted by Gasteiger charge is -2.26. The molecular formula is C16H22ClNO3. The molecule has 1 saturated heterocycles. The third kappa shape index (κ3) is 4.70. The number of hydrogen-bond acceptors (Lipinski definition) is 3. The van der Waals surface area contributed by atoms with E-state index in [0.29, 0.717) is 17.0 Å². The van der Waals surface area contributed by atoms with Gasteiger partial charge in [0.25, 0.3) is 0 Å². The predicted molar refractivity (Wildman–Crippen MR) is 82.2 cm³/mol. The summed E-state index contributed by atoms with van der Waals surface area (Å²) in [7, 11) is 0. The second kappa shape index (κ2) is 7.25. The number of halogens is 1. The van der Waals surface area contributed by atoms with E-state index in [9.17, 15) is 9.90 Å². The fourth-order valence-corrected chi connectivity index (χ4v) is 2.85. The molecule has 1 aliphatic rings. The SMILES string of the molecule is C[C@@](O)(CNC(=O)C[C@@H]1CCCCO1)c1ccccc1Cl. The zero-order chi connectivity index (χ0) is 15.3. The molecule has 2 rings (SSSR count). The topological polar surface area (TPSA) is 58.6 Å². The third-order valence-electron chi connectivity index (χ3n) is 3.77. The Morgan fingerprint density at radius 1 is 1.48 bits per heavy atom. The standard InChI is InChI=1S/C16H22ClNO3/c1-16(20,13-7-2-3-8-14(13)17)11-18-15(19)10-12-6-4-5-9-21-12/h2-3,7-8,12,20H,4-6,9-11H2,1H3,(H,18,19)/t12-,16+/m0/s1. The zero-order valence-corrected chi connectivity index (χ0v) is 13.0. The van der Waals surface area contributed by atoms with Crippen molar-refractivity contribution in [3.05, 3.63) is 34.9 Å². The van der Waals surface area contributed by atoms with E-state index in [1.807, 2.05) is 6.07 Å². The summed E-state index contributed by atoms with van der Waals surface area (Å²) in [5, 5.41) is 13.8. The number of ether oxygens (including phenoxy) is 1. The Morgan fingerprint density at radius 2 is 2.24 bits per heavy atom. The molecule has 1 heterocycles. The van der Waals surface area contributed by atoms with Crippen molar-refractivity contribution in [3.63, 3.8) is 0 Å². The van der Waals surface area contributed by atoms with Crippen molar-refractivity contribution in [1.29, 1.82) is 0 Å². The molecule has 1 amide bonds. The predicted octanol–water partition coefficient (Wildman–Crippen LogP) is 2.62. The Morgan fingerprint density at radius 3 is 2.90 bits per heavy atom. The van der Waals surface area contributed by atoms with E-state index in [4.69, 9.17) is 16.3 Å². The first-order valence-electron chi connectivity index (χ1n) is 7.35. The van der Waals surface area contributed by atoms with Crippen molar-refractivity contribution in [2.24, 2.45) is 0 Å². The van der Waals surface area contributed by atoms with Crippen molar-refractivity contribution in [2.75, 3.05) is 13.2 Å². The third-order valence-corrected chi connectivity index (χ3v) is 4.10. The van der Waals surface area contributed by atoms with Crippen LogP contribution in [0.3, 0.4) is 0 Å². The molecule has 1 aromatic carbocycles. The fraction of sp³-hybridized carbons (Fsp3) is 0.562. The minimum Gasteiger partial charge on any atom is -0.384 e. The molecule has 0 saturated carbocycles. The van der Waals surface area contributed by atoms with Crippen LogP contribution in [-0.4, -0.2) is 30.3 Å². The summed E-state index contributed by atoms with van der Waals surface area (Å²) >= 11 is 6.09. The number of benzene rings is 1. The molecule has 2 atom stereocenters. The fourth-order valence-electron chi connectivity index (χ4n) is 2.51. The van der Waals surface area contributed by atoms with E-state index in [0.717, 1.165) is 25.9 Å². The Kier molecular flexibility index (Phi) is 5.62. The lowest BCUT2D eigenvalue weighted by atomic mass is 9.96. The molecule has 0 bridgehead atoms. The average Bonchev–Trinajstić information content (AvgIpc) is 2.47. The summed E-state index contributed by atoms with van der Waals surface area (Å²) in [6.07, 6.45) is 3.45. The minimum atomic E-state index is -1.19. The van der Waals surface area contributed by atoms with Crippen LogP contribution in [0.15, 0.2) is 24.3 Å². The number of rotatable bonds is 5. The molecule has 0 aliphatic carbocycles. The van der Waals surface area contributed by atoms with Crippen LogP contribution in [0.25, 0.3) is 0 Å². The molecule has 0 unspecified atom stereocenters. The van der Waals surface area contributed by atoms with Gasteiger partial charge in [-0.25, -0.2) is 0 Å². The van der Waals surface area contributed by atoms with E-state index < -0.39 is 5.60 Å². The summed E-state index contributed by atoms with van der Waals surface area (Å²) in [6, 6.07) is 7.11. The van der Waals surface area contributed by atoms with Crippen molar-refractivity contribution in [3.8, 4) is 0 Å². The summed E-state index contributed by atoms with van der Waals surface area (Å²) in [6.45, 7) is 2.50. The highest BCUT2D eigenvalue weighted by atomic mass is 35.5. The molecule has 116 valence electrons. The van der Waals surface area contributed by atoms with Crippen LogP contribution in [0.4, 0.5) is 0 Å². The second-order valence-electron chi connectivity index (χ2n) is 5.72. The molecule has 4 nitrogen and oxygen atoms in total. The van der Waals surface area contributed by atoms with E-state index in [-0.39, 0.29) is 18.6 Å². The van der Waals surface area contributed by atoms with Crippen molar-refractivity contribution < 1.29 is 14.6 Å². The van der Waals surface area contributed by atoms with E-state index in [2.05, 4.69) is 5.32 Å². The molecule has 0 spiro atoms. The largest absolute Gasteiger partial charge is 0.384 e. The van der Waals surface area contributed by atoms with Crippen LogP contribution in [0.1, 0.15) is 38.2 Å². The van der Waals surface area contributed by atoms with E-state index >= 15 is 0 Å². The van der Waals surface area contributed by atoms with Crippen LogP contribution in [-0.2, 0) is 15.1 Å². The molecular weight excluding hydrogens is 290 g/mol. The van der Waals surface area contributed by atoms with Gasteiger partial charge in [0, 0.05) is 17.2 Å². The lowest BCUT2D eigenvalue weighted by Crippen LogP contribution is -2.40. The van der Waals surface area contributed by atoms with Crippen LogP contribution in [0.5, 0.6) is 0 Å². The van der Waals surface area contributed by atoms with Gasteiger partial charge in [0.05, 0.1) is 19.1 Å². The second-order valence-corrected chi connectivity index (χ2v) is 6.13. The number of hydrogen-bond donors (Lipinski definition) is 2. The minimum absolute atomic E-state index is 0.00372. The Balaban J connectivity index is 1.86. The van der Waals surface area contributed by atoms with Gasteiger partial charge in [-0.3, -0.25) is 4.79 Å². The molecule has 21 heavy (non-hydrogen) atoms. The first kappa shape index (κ1) is 16.3. The maximum Gasteiger partial charge on any atom is 0.222 e. The van der Waals surface area contributed by atoms with Gasteiger partial charge in [-0.2, -0.15) is 0 Å². The first-order valence-corrected chi connectivity index (χ1v) is 7.72. The smallest absolute Gasteiger partial charge is 0.222 e. The highest BCUT2D eigenvalue weighted by Crippen LogP contribution is 2.27. The van der Waals surface area contributed by atoms with Crippen LogP contribution in [0, 0.1) is 0 Å². The number of nitrogens with one attached hydrogen (secondary N) is 1. The van der Waals surface area contributed by atoms with Crippen LogP contribution >= 0.6 is 11.6 Å². The summed E-state index contributed by atoms with van der Waals surface area (Å²) in [4.78, 5) is 11.9. The van der Waals surface area contributed by atoms with E-state index in [1.165, 1.54) is 0 Å². The summed E-state index contributed by atoms with van der Waals surface area (Å²) < 4.78 is 5.54. The van der Waals surface area contributed by atoms with Gasteiger partial charge < -0.3 is 15.2 Å². The molecule has 0 radical (unpaired) electrons. The first-order chi connectivity index (χ1) is 9.99. The molecule has 5 heteroatoms. The van der Waals surface area contributed by atoms with Crippen LogP contribution in [0.2, 0.25) is 5.02 Å². The molecule has 1 aromatic rings. The van der Waals surface area contributed by atoms with Crippen LogP contribution < -0.4 is 5.32 Å². The Bertz CT molecular complexity index is 484. The van der Waals surface area contributed by atoms with Gasteiger partial charge in [-0.05, 0) is 32.3 Å². The van der Waals surface area contributed by atoms with Crippen molar-refractivity contribution >= 4 is 17.5 Å². The highest BCUT2D eigenvalue weighted by molar-refractivity contribution is 6.31. The number of carbonyl (C=O) groups is 1. The number of carbonyl (C=O) groups excluding carboxylic acids is 1. The van der Waals surface area contributed by atoms with Gasteiger partial charge in [0.1, 0.15) is 5.60 Å². The van der Waals surface area contributed by atoms with Gasteiger partial charge in [0.2, 0.25) is 5.91 Å². The quantitative estimate of drug-likeness (QED) is 0.879. The maximum absolute atomic E-state index is 11.9. The van der Waals surface area contributed by atoms with Gasteiger partial charge >= 0.3 is 0 Å². The van der Waals surface area contributed by atoms with Gasteiger partial charge in [-0.15, -0.1) is 0 Å². The Labute approximate surface area is 130 Å². The average molecular weight is 312 g/mol. The maximum atomic E-state index is 11.9. The van der Waals surface area contributed by atoms with Crippen molar-refractivity contribution in [2.45, 2.75) is 44.3 Å². The highest BCUT2D eigenvalue weighted by Gasteiger charge is 2.26. The monoisotopic (exact) mass is 311 g/mol. The molecule has 2 N–H and O–H groups in total. The summed E-state index contributed by atoms with van der Waals surface area (Å²) in [5.41, 5.74) is -0.581. The van der Waals surface area contributed by atoms with Gasteiger partial charge in [0.15, 0.2) is 0 Å². The van der Waals surface area contributed by atoms with E-state index in [1.54, 1.807) is 25.1 Å². The normalized spacial score (nSPS) is 21.6.